The van der Waals surface area contributed by atoms with Crippen molar-refractivity contribution >= 4 is 0 Å². The molecule has 3 heteroatoms. The molecule has 2 nitrogen and oxygen atoms in total. The maximum absolute atomic E-state index is 13.5. The maximum atomic E-state index is 13.5. The molecule has 102 valence electrons. The fourth-order valence-corrected chi connectivity index (χ4v) is 1.97. The van der Waals surface area contributed by atoms with E-state index in [1.165, 1.54) is 6.07 Å². The molecule has 0 heterocycles. The Morgan fingerprint density at radius 1 is 1.33 bits per heavy atom. The Kier molecular flexibility index (Phi) is 6.91. The Morgan fingerprint density at radius 3 is 2.72 bits per heavy atom. The van der Waals surface area contributed by atoms with Gasteiger partial charge in [-0.05, 0) is 46.0 Å². The van der Waals surface area contributed by atoms with Crippen molar-refractivity contribution in [3.63, 3.8) is 0 Å². The van der Waals surface area contributed by atoms with Gasteiger partial charge in [0.25, 0.3) is 0 Å². The summed E-state index contributed by atoms with van der Waals surface area (Å²) in [5, 5.41) is 3.32. The van der Waals surface area contributed by atoms with Crippen LogP contribution in [0.2, 0.25) is 0 Å². The van der Waals surface area contributed by atoms with Gasteiger partial charge in [-0.25, -0.2) is 4.39 Å². The molecule has 0 saturated heterocycles. The van der Waals surface area contributed by atoms with Gasteiger partial charge in [0.05, 0.1) is 0 Å². The summed E-state index contributed by atoms with van der Waals surface area (Å²) in [6, 6.07) is 7.49. The van der Waals surface area contributed by atoms with Crippen molar-refractivity contribution in [2.75, 3.05) is 20.1 Å². The molecule has 18 heavy (non-hydrogen) atoms. The van der Waals surface area contributed by atoms with E-state index in [-0.39, 0.29) is 5.82 Å². The van der Waals surface area contributed by atoms with Gasteiger partial charge in [-0.1, -0.05) is 25.1 Å². The van der Waals surface area contributed by atoms with Crippen molar-refractivity contribution in [3.8, 4) is 0 Å². The van der Waals surface area contributed by atoms with Crippen LogP contribution in [0.1, 0.15) is 32.3 Å². The smallest absolute Gasteiger partial charge is 0.127 e. The standard InChI is InChI=1S/C15H25FN2/c1-4-17-11-7-8-13(2)18(3)12-14-9-5-6-10-15(14)16/h5-6,9-10,13,17H,4,7-8,11-12H2,1-3H3. The molecule has 1 N–H and O–H groups in total. The first-order valence-electron chi connectivity index (χ1n) is 6.79. The van der Waals surface area contributed by atoms with Crippen molar-refractivity contribution in [2.24, 2.45) is 0 Å². The molecule has 0 fully saturated rings. The second-order valence-electron chi connectivity index (χ2n) is 4.85. The Bertz CT molecular complexity index is 341. The van der Waals surface area contributed by atoms with E-state index in [1.54, 1.807) is 6.07 Å². The summed E-state index contributed by atoms with van der Waals surface area (Å²) in [5.41, 5.74) is 0.776. The minimum Gasteiger partial charge on any atom is -0.317 e. The summed E-state index contributed by atoms with van der Waals surface area (Å²) in [4.78, 5) is 2.21. The van der Waals surface area contributed by atoms with E-state index in [9.17, 15) is 4.39 Å². The van der Waals surface area contributed by atoms with Crippen LogP contribution in [0.4, 0.5) is 4.39 Å². The van der Waals surface area contributed by atoms with E-state index < -0.39 is 0 Å². The molecule has 0 aliphatic heterocycles. The van der Waals surface area contributed by atoms with Crippen LogP contribution in [-0.2, 0) is 6.54 Å². The molecule has 0 aromatic heterocycles. The van der Waals surface area contributed by atoms with E-state index in [4.69, 9.17) is 0 Å². The van der Waals surface area contributed by atoms with E-state index in [2.05, 4.69) is 31.1 Å². The molecular formula is C15H25FN2. The fourth-order valence-electron chi connectivity index (χ4n) is 1.97. The highest BCUT2D eigenvalue weighted by molar-refractivity contribution is 5.17. The van der Waals surface area contributed by atoms with Crippen LogP contribution in [0.5, 0.6) is 0 Å². The quantitative estimate of drug-likeness (QED) is 0.715. The predicted molar refractivity (Wildman–Crippen MR) is 75.1 cm³/mol. The lowest BCUT2D eigenvalue weighted by molar-refractivity contribution is 0.231. The van der Waals surface area contributed by atoms with Crippen molar-refractivity contribution < 1.29 is 4.39 Å². The van der Waals surface area contributed by atoms with Crippen molar-refractivity contribution in [1.29, 1.82) is 0 Å². The van der Waals surface area contributed by atoms with E-state index in [1.807, 2.05) is 12.1 Å². The van der Waals surface area contributed by atoms with E-state index in [0.29, 0.717) is 12.6 Å². The van der Waals surface area contributed by atoms with Gasteiger partial charge in [0, 0.05) is 18.2 Å². The first-order valence-corrected chi connectivity index (χ1v) is 6.79. The minimum atomic E-state index is -0.107. The van der Waals surface area contributed by atoms with Crippen LogP contribution in [0, 0.1) is 5.82 Å². The fraction of sp³-hybridized carbons (Fsp3) is 0.600. The topological polar surface area (TPSA) is 15.3 Å². The molecule has 0 saturated carbocycles. The lowest BCUT2D eigenvalue weighted by Gasteiger charge is -2.25. The third kappa shape index (κ3) is 5.15. The maximum Gasteiger partial charge on any atom is 0.127 e. The molecule has 0 amide bonds. The molecule has 0 aliphatic carbocycles. The van der Waals surface area contributed by atoms with E-state index in [0.717, 1.165) is 31.5 Å². The van der Waals surface area contributed by atoms with Gasteiger partial charge in [-0.3, -0.25) is 4.90 Å². The van der Waals surface area contributed by atoms with Gasteiger partial charge >= 0.3 is 0 Å². The normalized spacial score (nSPS) is 12.9. The zero-order valence-corrected chi connectivity index (χ0v) is 11.7. The van der Waals surface area contributed by atoms with Gasteiger partial charge in [0.2, 0.25) is 0 Å². The van der Waals surface area contributed by atoms with Gasteiger partial charge in [0.1, 0.15) is 5.82 Å². The summed E-state index contributed by atoms with van der Waals surface area (Å²) in [6.45, 7) is 7.09. The van der Waals surface area contributed by atoms with Crippen LogP contribution >= 0.6 is 0 Å². The predicted octanol–water partition coefficient (Wildman–Crippen LogP) is 3.04. The number of hydrogen-bond acceptors (Lipinski definition) is 2. The summed E-state index contributed by atoms with van der Waals surface area (Å²) in [7, 11) is 2.06. The Morgan fingerprint density at radius 2 is 2.06 bits per heavy atom. The van der Waals surface area contributed by atoms with Crippen molar-refractivity contribution in [2.45, 2.75) is 39.3 Å². The molecule has 0 radical (unpaired) electrons. The SMILES string of the molecule is CCNCCCC(C)N(C)Cc1ccccc1F. The van der Waals surface area contributed by atoms with Crippen LogP contribution < -0.4 is 5.32 Å². The van der Waals surface area contributed by atoms with Gasteiger partial charge in [-0.2, -0.15) is 0 Å². The highest BCUT2D eigenvalue weighted by Gasteiger charge is 2.11. The number of nitrogens with one attached hydrogen (secondary N) is 1. The average Bonchev–Trinajstić information content (AvgIpc) is 2.37. The first kappa shape index (κ1) is 15.1. The lowest BCUT2D eigenvalue weighted by Crippen LogP contribution is -2.29. The van der Waals surface area contributed by atoms with Crippen LogP contribution in [-0.4, -0.2) is 31.1 Å². The third-order valence-corrected chi connectivity index (χ3v) is 3.36. The summed E-state index contributed by atoms with van der Waals surface area (Å²) in [6.07, 6.45) is 2.30. The second-order valence-corrected chi connectivity index (χ2v) is 4.85. The number of halogens is 1. The average molecular weight is 252 g/mol. The number of nitrogens with zero attached hydrogens (tertiary/aromatic N) is 1. The second kappa shape index (κ2) is 8.22. The number of rotatable bonds is 8. The van der Waals surface area contributed by atoms with Crippen LogP contribution in [0.15, 0.2) is 24.3 Å². The first-order chi connectivity index (χ1) is 8.65. The summed E-state index contributed by atoms with van der Waals surface area (Å²) < 4.78 is 13.5. The highest BCUT2D eigenvalue weighted by Crippen LogP contribution is 2.12. The van der Waals surface area contributed by atoms with Crippen LogP contribution in [0.3, 0.4) is 0 Å². The largest absolute Gasteiger partial charge is 0.317 e. The Labute approximate surface area is 110 Å². The lowest BCUT2D eigenvalue weighted by atomic mass is 10.1. The van der Waals surface area contributed by atoms with Crippen molar-refractivity contribution in [3.05, 3.63) is 35.6 Å². The zero-order chi connectivity index (χ0) is 13.4. The number of benzene rings is 1. The van der Waals surface area contributed by atoms with Crippen molar-refractivity contribution in [1.82, 2.24) is 10.2 Å². The molecule has 0 spiro atoms. The Balaban J connectivity index is 2.35. The molecule has 0 bridgehead atoms. The highest BCUT2D eigenvalue weighted by atomic mass is 19.1. The van der Waals surface area contributed by atoms with E-state index >= 15 is 0 Å². The molecular weight excluding hydrogens is 227 g/mol. The summed E-state index contributed by atoms with van der Waals surface area (Å²) in [5.74, 6) is -0.107. The Hall–Kier alpha value is -0.930. The molecule has 1 unspecified atom stereocenters. The minimum absolute atomic E-state index is 0.107. The third-order valence-electron chi connectivity index (χ3n) is 3.36. The molecule has 1 aromatic carbocycles. The molecule has 1 aromatic rings. The van der Waals surface area contributed by atoms with Crippen LogP contribution in [0.25, 0.3) is 0 Å². The van der Waals surface area contributed by atoms with Gasteiger partial charge in [-0.15, -0.1) is 0 Å². The van der Waals surface area contributed by atoms with Gasteiger partial charge < -0.3 is 5.32 Å². The van der Waals surface area contributed by atoms with Gasteiger partial charge in [0.15, 0.2) is 0 Å². The molecule has 1 atom stereocenters. The summed E-state index contributed by atoms with van der Waals surface area (Å²) >= 11 is 0. The number of hydrogen-bond donors (Lipinski definition) is 1. The molecule has 1 rings (SSSR count). The molecule has 0 aliphatic rings. The zero-order valence-electron chi connectivity index (χ0n) is 11.7. The monoisotopic (exact) mass is 252 g/mol.